The van der Waals surface area contributed by atoms with Crippen LogP contribution < -0.4 is 9.47 Å². The van der Waals surface area contributed by atoms with Crippen molar-refractivity contribution >= 4 is 5.78 Å². The fourth-order valence-corrected chi connectivity index (χ4v) is 5.54. The molecule has 4 rings (SSSR count). The minimum atomic E-state index is -0.890. The number of likely N-dealkylation sites (tertiary alicyclic amines) is 1. The minimum Gasteiger partial charge on any atom is -0.493 e. The van der Waals surface area contributed by atoms with Crippen molar-refractivity contribution in [2.45, 2.75) is 56.1 Å². The molecule has 1 aromatic carbocycles. The SMILES string of the molecule is CCOc1c(OC)ccc2c1[C@@]13CCN(C)[C@@H](C2)[C@]1(O)CCC(=O)C3. The molecule has 1 saturated carbocycles. The first kappa shape index (κ1) is 16.9. The molecule has 1 heterocycles. The van der Waals surface area contributed by atoms with Crippen molar-refractivity contribution in [2.24, 2.45) is 0 Å². The van der Waals surface area contributed by atoms with Gasteiger partial charge in [-0.25, -0.2) is 0 Å². The molecular weight excluding hydrogens is 318 g/mol. The number of nitrogens with zero attached hydrogens (tertiary/aromatic N) is 1. The molecule has 2 fully saturated rings. The van der Waals surface area contributed by atoms with Gasteiger partial charge in [0.15, 0.2) is 11.5 Å². The maximum Gasteiger partial charge on any atom is 0.165 e. The number of ketones is 1. The molecule has 3 atom stereocenters. The Hall–Kier alpha value is -1.59. The van der Waals surface area contributed by atoms with Crippen LogP contribution in [0.2, 0.25) is 0 Å². The standard InChI is InChI=1S/C20H27NO4/c1-4-25-18-15(24-3)6-5-13-11-16-20(23)8-7-14(22)12-19(20,17(13)18)9-10-21(16)2/h5-6,16,23H,4,7-12H2,1-3H3/t16-,19-,20+/m0/s1. The Morgan fingerprint density at radius 1 is 1.36 bits per heavy atom. The van der Waals surface area contributed by atoms with Gasteiger partial charge in [0.1, 0.15) is 5.78 Å². The lowest BCUT2D eigenvalue weighted by atomic mass is 9.49. The third kappa shape index (κ3) is 2.12. The van der Waals surface area contributed by atoms with Crippen LogP contribution in [0, 0.1) is 0 Å². The van der Waals surface area contributed by atoms with Crippen LogP contribution in [-0.4, -0.2) is 54.7 Å². The number of likely N-dealkylation sites (N-methyl/N-ethyl adjacent to an activating group) is 1. The van der Waals surface area contributed by atoms with Crippen molar-refractivity contribution in [3.8, 4) is 11.5 Å². The van der Waals surface area contributed by atoms with Crippen LogP contribution in [0.1, 0.15) is 43.7 Å². The number of fused-ring (bicyclic) bond motifs is 1. The molecule has 5 nitrogen and oxygen atoms in total. The molecule has 2 bridgehead atoms. The van der Waals surface area contributed by atoms with Crippen molar-refractivity contribution < 1.29 is 19.4 Å². The van der Waals surface area contributed by atoms with Gasteiger partial charge in [-0.05, 0) is 51.4 Å². The highest BCUT2D eigenvalue weighted by molar-refractivity contribution is 5.83. The highest BCUT2D eigenvalue weighted by Gasteiger charge is 2.65. The molecule has 1 aliphatic heterocycles. The molecule has 0 unspecified atom stereocenters. The zero-order chi connectivity index (χ0) is 17.8. The molecular formula is C20H27NO4. The summed E-state index contributed by atoms with van der Waals surface area (Å²) in [5, 5.41) is 11.9. The Kier molecular flexibility index (Phi) is 3.85. The number of hydrogen-bond acceptors (Lipinski definition) is 5. The number of rotatable bonds is 3. The number of methoxy groups -OCH3 is 1. The summed E-state index contributed by atoms with van der Waals surface area (Å²) in [7, 11) is 3.72. The van der Waals surface area contributed by atoms with Gasteiger partial charge in [0, 0.05) is 29.9 Å². The zero-order valence-electron chi connectivity index (χ0n) is 15.3. The molecule has 0 aromatic heterocycles. The average Bonchev–Trinajstić information content (AvgIpc) is 2.59. The third-order valence-electron chi connectivity index (χ3n) is 6.70. The summed E-state index contributed by atoms with van der Waals surface area (Å²) >= 11 is 0. The van der Waals surface area contributed by atoms with E-state index in [4.69, 9.17) is 9.47 Å². The normalized spacial score (nSPS) is 34.2. The first-order valence-corrected chi connectivity index (χ1v) is 9.24. The van der Waals surface area contributed by atoms with E-state index in [9.17, 15) is 9.90 Å². The summed E-state index contributed by atoms with van der Waals surface area (Å²) in [6.07, 6.45) is 2.94. The van der Waals surface area contributed by atoms with Gasteiger partial charge < -0.3 is 19.5 Å². The van der Waals surface area contributed by atoms with Crippen LogP contribution >= 0.6 is 0 Å². The van der Waals surface area contributed by atoms with Gasteiger partial charge >= 0.3 is 0 Å². The largest absolute Gasteiger partial charge is 0.493 e. The highest BCUT2D eigenvalue weighted by atomic mass is 16.5. The summed E-state index contributed by atoms with van der Waals surface area (Å²) in [6.45, 7) is 3.36. The first-order valence-electron chi connectivity index (χ1n) is 9.24. The number of ether oxygens (including phenoxy) is 2. The van der Waals surface area contributed by atoms with Gasteiger partial charge in [-0.15, -0.1) is 0 Å². The van der Waals surface area contributed by atoms with Gasteiger partial charge in [-0.3, -0.25) is 4.79 Å². The van der Waals surface area contributed by atoms with Crippen LogP contribution in [0.15, 0.2) is 12.1 Å². The van der Waals surface area contributed by atoms with E-state index in [-0.39, 0.29) is 11.8 Å². The van der Waals surface area contributed by atoms with Crippen molar-refractivity contribution in [1.82, 2.24) is 4.90 Å². The number of carbonyl (C=O) groups is 1. The van der Waals surface area contributed by atoms with Gasteiger partial charge in [-0.2, -0.15) is 0 Å². The third-order valence-corrected chi connectivity index (χ3v) is 6.70. The smallest absolute Gasteiger partial charge is 0.165 e. The van der Waals surface area contributed by atoms with Crippen molar-refractivity contribution in [3.05, 3.63) is 23.3 Å². The minimum absolute atomic E-state index is 0.0460. The molecule has 0 amide bonds. The van der Waals surface area contributed by atoms with Crippen LogP contribution in [0.25, 0.3) is 0 Å². The van der Waals surface area contributed by atoms with Crippen LogP contribution in [0.3, 0.4) is 0 Å². The Bertz CT molecular complexity index is 718. The molecule has 0 radical (unpaired) electrons. The molecule has 1 aromatic rings. The van der Waals surface area contributed by atoms with Crippen LogP contribution in [0.4, 0.5) is 0 Å². The molecule has 25 heavy (non-hydrogen) atoms. The van der Waals surface area contributed by atoms with E-state index in [2.05, 4.69) is 18.0 Å². The molecule has 2 aliphatic carbocycles. The lowest BCUT2D eigenvalue weighted by molar-refractivity contribution is -0.169. The maximum absolute atomic E-state index is 12.5. The Morgan fingerprint density at radius 3 is 2.88 bits per heavy atom. The number of aliphatic hydroxyl groups is 1. The van der Waals surface area contributed by atoms with Gasteiger partial charge in [-0.1, -0.05) is 6.07 Å². The van der Waals surface area contributed by atoms with Crippen LogP contribution in [-0.2, 0) is 16.6 Å². The lowest BCUT2D eigenvalue weighted by Crippen LogP contribution is -2.72. The fourth-order valence-electron chi connectivity index (χ4n) is 5.54. The quantitative estimate of drug-likeness (QED) is 0.909. The maximum atomic E-state index is 12.5. The van der Waals surface area contributed by atoms with Gasteiger partial charge in [0.25, 0.3) is 0 Å². The second-order valence-corrected chi connectivity index (χ2v) is 7.74. The number of Topliss-reactive ketones (excluding diaryl/α,β-unsaturated/α-hetero) is 1. The monoisotopic (exact) mass is 345 g/mol. The van der Waals surface area contributed by atoms with E-state index in [1.54, 1.807) is 7.11 Å². The second-order valence-electron chi connectivity index (χ2n) is 7.74. The summed E-state index contributed by atoms with van der Waals surface area (Å²) < 4.78 is 11.6. The van der Waals surface area contributed by atoms with Crippen molar-refractivity contribution in [1.29, 1.82) is 0 Å². The summed E-state index contributed by atoms with van der Waals surface area (Å²) in [5.74, 6) is 1.65. The Labute approximate surface area is 148 Å². The molecule has 5 heteroatoms. The Morgan fingerprint density at radius 2 is 2.16 bits per heavy atom. The first-order chi connectivity index (χ1) is 12.0. The topological polar surface area (TPSA) is 59.0 Å². The average molecular weight is 345 g/mol. The summed E-state index contributed by atoms with van der Waals surface area (Å²) in [5.41, 5.74) is 0.749. The Balaban J connectivity index is 2.00. The summed E-state index contributed by atoms with van der Waals surface area (Å²) in [4.78, 5) is 14.7. The van der Waals surface area contributed by atoms with E-state index >= 15 is 0 Å². The zero-order valence-corrected chi connectivity index (χ0v) is 15.3. The van der Waals surface area contributed by atoms with Crippen molar-refractivity contribution in [3.63, 3.8) is 0 Å². The number of benzene rings is 1. The molecule has 136 valence electrons. The highest BCUT2D eigenvalue weighted by Crippen LogP contribution is 2.60. The fraction of sp³-hybridized carbons (Fsp3) is 0.650. The lowest BCUT2D eigenvalue weighted by Gasteiger charge is -2.63. The van der Waals surface area contributed by atoms with E-state index < -0.39 is 11.0 Å². The van der Waals surface area contributed by atoms with Crippen molar-refractivity contribution in [2.75, 3.05) is 27.3 Å². The van der Waals surface area contributed by atoms with Crippen LogP contribution in [0.5, 0.6) is 11.5 Å². The number of carbonyl (C=O) groups excluding carboxylic acids is 1. The van der Waals surface area contributed by atoms with E-state index in [1.165, 1.54) is 5.56 Å². The van der Waals surface area contributed by atoms with E-state index in [1.807, 2.05) is 13.0 Å². The molecule has 1 N–H and O–H groups in total. The predicted molar refractivity (Wildman–Crippen MR) is 94.4 cm³/mol. The molecule has 3 aliphatic rings. The van der Waals surface area contributed by atoms with E-state index in [0.29, 0.717) is 31.6 Å². The summed E-state index contributed by atoms with van der Waals surface area (Å²) in [6, 6.07) is 4.08. The predicted octanol–water partition coefficient (Wildman–Crippen LogP) is 2.08. The second kappa shape index (κ2) is 5.71. The van der Waals surface area contributed by atoms with E-state index in [0.717, 1.165) is 30.7 Å². The molecule has 1 saturated heterocycles. The van der Waals surface area contributed by atoms with Gasteiger partial charge in [0.2, 0.25) is 0 Å². The van der Waals surface area contributed by atoms with Gasteiger partial charge in [0.05, 0.1) is 19.3 Å². The number of piperidine rings is 1. The number of hydrogen-bond donors (Lipinski definition) is 1. The molecule has 0 spiro atoms.